The fourth-order valence-corrected chi connectivity index (χ4v) is 5.40. The predicted molar refractivity (Wildman–Crippen MR) is 131 cm³/mol. The molecule has 1 aromatic rings. The number of carbonyl (C=O) groups is 3. The Morgan fingerprint density at radius 1 is 1.15 bits per heavy atom. The van der Waals surface area contributed by atoms with Gasteiger partial charge < -0.3 is 10.0 Å². The molecule has 1 aromatic heterocycles. The Labute approximate surface area is 201 Å². The number of aromatic carboxylic acids is 1. The van der Waals surface area contributed by atoms with Crippen LogP contribution < -0.4 is 4.90 Å². The van der Waals surface area contributed by atoms with Gasteiger partial charge in [0.25, 0.3) is 0 Å². The molecule has 1 atom stereocenters. The first kappa shape index (κ1) is 25.3. The number of nitrogens with zero attached hydrogens (tertiary/aromatic N) is 2. The van der Waals surface area contributed by atoms with Gasteiger partial charge in [-0.05, 0) is 78.2 Å². The lowest BCUT2D eigenvalue weighted by Gasteiger charge is -2.35. The summed E-state index contributed by atoms with van der Waals surface area (Å²) in [5.74, 6) is 5.25. The Hall–Kier alpha value is -2.33. The molecule has 1 aliphatic carbocycles. The SMILES string of the molecule is CC1CCC(C(=O)N(c2cc(C#CC(C)(C)C)sc2C(=O)O)[C@@H](C)C(=O)N2CCCC2)CC1. The minimum Gasteiger partial charge on any atom is -0.477 e. The van der Waals surface area contributed by atoms with Gasteiger partial charge in [0.05, 0.1) is 10.6 Å². The fraction of sp³-hybridized carbons (Fsp3) is 0.654. The van der Waals surface area contributed by atoms with Gasteiger partial charge in [-0.3, -0.25) is 14.5 Å². The molecule has 1 saturated heterocycles. The molecular formula is C26H36N2O4S. The van der Waals surface area contributed by atoms with Gasteiger partial charge in [0.1, 0.15) is 10.9 Å². The lowest BCUT2D eigenvalue weighted by Crippen LogP contribution is -2.51. The van der Waals surface area contributed by atoms with Crippen LogP contribution in [0.15, 0.2) is 6.07 Å². The number of thiophene rings is 1. The monoisotopic (exact) mass is 472 g/mol. The highest BCUT2D eigenvalue weighted by Crippen LogP contribution is 2.36. The summed E-state index contributed by atoms with van der Waals surface area (Å²) in [6, 6.07) is 0.926. The highest BCUT2D eigenvalue weighted by atomic mass is 32.1. The zero-order valence-corrected chi connectivity index (χ0v) is 21.3. The predicted octanol–water partition coefficient (Wildman–Crippen LogP) is 5.01. The molecule has 7 heteroatoms. The van der Waals surface area contributed by atoms with E-state index in [1.54, 1.807) is 17.9 Å². The van der Waals surface area contributed by atoms with Crippen LogP contribution in [-0.4, -0.2) is 46.9 Å². The largest absolute Gasteiger partial charge is 0.477 e. The second-order valence-electron chi connectivity index (χ2n) is 10.5. The van der Waals surface area contributed by atoms with Crippen LogP contribution in [0.4, 0.5) is 5.69 Å². The van der Waals surface area contributed by atoms with Crippen LogP contribution in [0.5, 0.6) is 0 Å². The Morgan fingerprint density at radius 2 is 1.76 bits per heavy atom. The van der Waals surface area contributed by atoms with E-state index in [9.17, 15) is 19.5 Å². The summed E-state index contributed by atoms with van der Waals surface area (Å²) in [7, 11) is 0. The van der Waals surface area contributed by atoms with Crippen molar-refractivity contribution in [3.8, 4) is 11.8 Å². The quantitative estimate of drug-likeness (QED) is 0.611. The van der Waals surface area contributed by atoms with Crippen molar-refractivity contribution in [2.75, 3.05) is 18.0 Å². The van der Waals surface area contributed by atoms with E-state index in [4.69, 9.17) is 0 Å². The summed E-state index contributed by atoms with van der Waals surface area (Å²) in [6.07, 6.45) is 5.39. The van der Waals surface area contributed by atoms with E-state index in [0.29, 0.717) is 29.6 Å². The summed E-state index contributed by atoms with van der Waals surface area (Å²) in [5.41, 5.74) is 0.0651. The van der Waals surface area contributed by atoms with Gasteiger partial charge in [0, 0.05) is 24.4 Å². The zero-order chi connectivity index (χ0) is 24.3. The van der Waals surface area contributed by atoms with Crippen molar-refractivity contribution in [3.05, 3.63) is 15.8 Å². The summed E-state index contributed by atoms with van der Waals surface area (Å²) >= 11 is 1.07. The van der Waals surface area contributed by atoms with E-state index in [-0.39, 0.29) is 28.0 Å². The van der Waals surface area contributed by atoms with Gasteiger partial charge in [-0.25, -0.2) is 4.79 Å². The van der Waals surface area contributed by atoms with Crippen molar-refractivity contribution in [2.24, 2.45) is 17.3 Å². The Morgan fingerprint density at radius 3 is 2.30 bits per heavy atom. The van der Waals surface area contributed by atoms with E-state index >= 15 is 0 Å². The van der Waals surface area contributed by atoms with Crippen molar-refractivity contribution in [1.82, 2.24) is 4.90 Å². The molecule has 2 amide bonds. The molecule has 6 nitrogen and oxygen atoms in total. The first-order valence-corrected chi connectivity index (χ1v) is 12.8. The summed E-state index contributed by atoms with van der Waals surface area (Å²) in [4.78, 5) is 43.2. The van der Waals surface area contributed by atoms with E-state index in [0.717, 1.165) is 49.9 Å². The van der Waals surface area contributed by atoms with E-state index in [1.165, 1.54) is 4.90 Å². The van der Waals surface area contributed by atoms with Gasteiger partial charge in [0.2, 0.25) is 11.8 Å². The lowest BCUT2D eigenvalue weighted by atomic mass is 9.82. The highest BCUT2D eigenvalue weighted by molar-refractivity contribution is 7.15. The number of amides is 2. The molecule has 1 aliphatic heterocycles. The number of carboxylic acid groups (broad SMARTS) is 1. The molecule has 2 aliphatic rings. The normalized spacial score (nSPS) is 21.8. The molecule has 0 spiro atoms. The van der Waals surface area contributed by atoms with Gasteiger partial charge in [-0.2, -0.15) is 0 Å². The second-order valence-corrected chi connectivity index (χ2v) is 11.6. The highest BCUT2D eigenvalue weighted by Gasteiger charge is 2.38. The molecule has 2 fully saturated rings. The smallest absolute Gasteiger partial charge is 0.348 e. The number of hydrogen-bond donors (Lipinski definition) is 1. The molecule has 2 heterocycles. The number of likely N-dealkylation sites (tertiary alicyclic amines) is 1. The van der Waals surface area contributed by atoms with Crippen molar-refractivity contribution >= 4 is 34.8 Å². The molecule has 0 bridgehead atoms. The summed E-state index contributed by atoms with van der Waals surface area (Å²) in [5, 5.41) is 9.94. The number of carboxylic acids is 1. The number of hydrogen-bond acceptors (Lipinski definition) is 4. The Bertz CT molecular complexity index is 951. The van der Waals surface area contributed by atoms with Crippen LogP contribution in [0.2, 0.25) is 0 Å². The molecule has 33 heavy (non-hydrogen) atoms. The average molecular weight is 473 g/mol. The third-order valence-corrected chi connectivity index (χ3v) is 7.52. The average Bonchev–Trinajstić information content (AvgIpc) is 3.42. The molecule has 0 unspecified atom stereocenters. The number of rotatable bonds is 5. The standard InChI is InChI=1S/C26H36N2O4S/c1-17-8-10-19(11-9-17)24(30)28(18(2)23(29)27-14-6-7-15-27)21-16-20(12-13-26(3,4)5)33-22(21)25(31)32/h16-19H,6-11,14-15H2,1-5H3,(H,31,32)/t17?,18-,19?/m0/s1. The van der Waals surface area contributed by atoms with E-state index in [1.807, 2.05) is 20.8 Å². The van der Waals surface area contributed by atoms with Crippen LogP contribution in [0.1, 0.15) is 87.7 Å². The van der Waals surface area contributed by atoms with Gasteiger partial charge in [-0.1, -0.05) is 18.8 Å². The first-order chi connectivity index (χ1) is 15.5. The van der Waals surface area contributed by atoms with Gasteiger partial charge in [-0.15, -0.1) is 11.3 Å². The van der Waals surface area contributed by atoms with Crippen molar-refractivity contribution < 1.29 is 19.5 Å². The van der Waals surface area contributed by atoms with Crippen LogP contribution in [0, 0.1) is 29.1 Å². The lowest BCUT2D eigenvalue weighted by molar-refractivity contribution is -0.134. The van der Waals surface area contributed by atoms with Crippen molar-refractivity contribution in [1.29, 1.82) is 0 Å². The van der Waals surface area contributed by atoms with Crippen LogP contribution in [-0.2, 0) is 9.59 Å². The Kier molecular flexibility index (Phi) is 7.89. The first-order valence-electron chi connectivity index (χ1n) is 12.0. The molecule has 1 N–H and O–H groups in total. The maximum atomic E-state index is 13.8. The zero-order valence-electron chi connectivity index (χ0n) is 20.4. The molecule has 3 rings (SSSR count). The van der Waals surface area contributed by atoms with Crippen LogP contribution in [0.25, 0.3) is 0 Å². The number of carbonyl (C=O) groups excluding carboxylic acids is 2. The van der Waals surface area contributed by atoms with Gasteiger partial charge in [0.15, 0.2) is 0 Å². The Balaban J connectivity index is 2.03. The topological polar surface area (TPSA) is 77.9 Å². The maximum absolute atomic E-state index is 13.8. The fourth-order valence-electron chi connectivity index (χ4n) is 4.56. The van der Waals surface area contributed by atoms with Crippen LogP contribution in [0.3, 0.4) is 0 Å². The third-order valence-electron chi connectivity index (χ3n) is 6.49. The van der Waals surface area contributed by atoms with Gasteiger partial charge >= 0.3 is 5.97 Å². The summed E-state index contributed by atoms with van der Waals surface area (Å²) < 4.78 is 0. The summed E-state index contributed by atoms with van der Waals surface area (Å²) in [6.45, 7) is 11.3. The van der Waals surface area contributed by atoms with Crippen LogP contribution >= 0.6 is 11.3 Å². The second kappa shape index (κ2) is 10.3. The molecule has 0 radical (unpaired) electrons. The molecule has 180 valence electrons. The van der Waals surface area contributed by atoms with Crippen molar-refractivity contribution in [3.63, 3.8) is 0 Å². The third kappa shape index (κ3) is 6.17. The van der Waals surface area contributed by atoms with Crippen molar-refractivity contribution in [2.45, 2.75) is 79.2 Å². The minimum atomic E-state index is -1.10. The maximum Gasteiger partial charge on any atom is 0.348 e. The van der Waals surface area contributed by atoms with E-state index in [2.05, 4.69) is 18.8 Å². The molecular weight excluding hydrogens is 436 g/mol. The molecule has 0 aromatic carbocycles. The molecule has 1 saturated carbocycles. The number of anilines is 1. The van der Waals surface area contributed by atoms with E-state index < -0.39 is 12.0 Å². The minimum absolute atomic E-state index is 0.0619.